The Labute approximate surface area is 128 Å². The molecule has 112 valence electrons. The summed E-state index contributed by atoms with van der Waals surface area (Å²) < 4.78 is 18.2. The van der Waals surface area contributed by atoms with Gasteiger partial charge in [0.2, 0.25) is 0 Å². The van der Waals surface area contributed by atoms with Gasteiger partial charge in [0.1, 0.15) is 17.6 Å². The molecule has 0 spiro atoms. The van der Waals surface area contributed by atoms with Crippen LogP contribution < -0.4 is 10.1 Å². The molecule has 4 nitrogen and oxygen atoms in total. The fraction of sp³-hybridized carbons (Fsp3) is 0.176. The summed E-state index contributed by atoms with van der Waals surface area (Å²) >= 11 is 0. The van der Waals surface area contributed by atoms with Crippen molar-refractivity contribution >= 4 is 5.91 Å². The predicted octanol–water partition coefficient (Wildman–Crippen LogP) is 2.95. The van der Waals surface area contributed by atoms with Crippen LogP contribution in [0.2, 0.25) is 0 Å². The van der Waals surface area contributed by atoms with Crippen LogP contribution in [0, 0.1) is 17.1 Å². The molecule has 0 saturated carbocycles. The Morgan fingerprint density at radius 1 is 1.27 bits per heavy atom. The van der Waals surface area contributed by atoms with Gasteiger partial charge < -0.3 is 10.1 Å². The van der Waals surface area contributed by atoms with E-state index in [1.54, 1.807) is 43.3 Å². The first-order valence-electron chi connectivity index (χ1n) is 6.77. The molecule has 22 heavy (non-hydrogen) atoms. The van der Waals surface area contributed by atoms with E-state index in [-0.39, 0.29) is 24.4 Å². The average Bonchev–Trinajstić information content (AvgIpc) is 2.53. The lowest BCUT2D eigenvalue weighted by Crippen LogP contribution is -2.31. The summed E-state index contributed by atoms with van der Waals surface area (Å²) in [6, 6.07) is 14.4. The highest BCUT2D eigenvalue weighted by molar-refractivity contribution is 5.78. The van der Waals surface area contributed by atoms with Crippen LogP contribution in [0.3, 0.4) is 0 Å². The molecular weight excluding hydrogens is 283 g/mol. The van der Waals surface area contributed by atoms with Crippen molar-refractivity contribution in [3.8, 4) is 11.8 Å². The van der Waals surface area contributed by atoms with Crippen molar-refractivity contribution in [1.29, 1.82) is 5.26 Å². The average molecular weight is 298 g/mol. The lowest BCUT2D eigenvalue weighted by Gasteiger charge is -2.15. The number of rotatable bonds is 5. The molecule has 1 N–H and O–H groups in total. The number of amides is 1. The summed E-state index contributed by atoms with van der Waals surface area (Å²) in [6.45, 7) is 1.61. The summed E-state index contributed by atoms with van der Waals surface area (Å²) in [5, 5.41) is 11.7. The zero-order chi connectivity index (χ0) is 15.9. The Hall–Kier alpha value is -2.87. The zero-order valence-corrected chi connectivity index (χ0v) is 12.0. The minimum absolute atomic E-state index is 0.190. The van der Waals surface area contributed by atoms with Crippen molar-refractivity contribution in [3.05, 3.63) is 65.5 Å². The van der Waals surface area contributed by atoms with Crippen molar-refractivity contribution in [2.75, 3.05) is 6.61 Å². The maximum Gasteiger partial charge on any atom is 0.258 e. The van der Waals surface area contributed by atoms with Gasteiger partial charge in [-0.3, -0.25) is 4.79 Å². The first kappa shape index (κ1) is 15.5. The van der Waals surface area contributed by atoms with Gasteiger partial charge in [-0.05, 0) is 36.8 Å². The van der Waals surface area contributed by atoms with Crippen LogP contribution in [0.15, 0.2) is 48.5 Å². The van der Waals surface area contributed by atoms with Crippen molar-refractivity contribution in [1.82, 2.24) is 5.32 Å². The second kappa shape index (κ2) is 7.23. The highest BCUT2D eigenvalue weighted by Gasteiger charge is 2.11. The van der Waals surface area contributed by atoms with Gasteiger partial charge in [-0.25, -0.2) is 4.39 Å². The van der Waals surface area contributed by atoms with Gasteiger partial charge in [-0.2, -0.15) is 5.26 Å². The fourth-order valence-corrected chi connectivity index (χ4v) is 1.95. The smallest absolute Gasteiger partial charge is 0.258 e. The Kier molecular flexibility index (Phi) is 5.10. The number of benzene rings is 2. The SMILES string of the molecule is C[C@@H](NC(=O)COc1ccccc1C#N)c1ccc(F)cc1. The minimum Gasteiger partial charge on any atom is -0.482 e. The molecule has 0 aliphatic rings. The number of carbonyl (C=O) groups is 1. The molecule has 0 bridgehead atoms. The van der Waals surface area contributed by atoms with E-state index in [2.05, 4.69) is 5.32 Å². The van der Waals surface area contributed by atoms with E-state index < -0.39 is 0 Å². The van der Waals surface area contributed by atoms with Crippen LogP contribution in [0.5, 0.6) is 5.75 Å². The van der Waals surface area contributed by atoms with Gasteiger partial charge in [0.25, 0.3) is 5.91 Å². The van der Waals surface area contributed by atoms with E-state index in [1.165, 1.54) is 12.1 Å². The Bertz CT molecular complexity index is 693. The van der Waals surface area contributed by atoms with Gasteiger partial charge in [-0.15, -0.1) is 0 Å². The van der Waals surface area contributed by atoms with Crippen LogP contribution in [-0.4, -0.2) is 12.5 Å². The molecule has 2 aromatic carbocycles. The normalized spacial score (nSPS) is 11.3. The molecule has 0 unspecified atom stereocenters. The zero-order valence-electron chi connectivity index (χ0n) is 12.0. The van der Waals surface area contributed by atoms with Crippen molar-refractivity contribution < 1.29 is 13.9 Å². The first-order valence-corrected chi connectivity index (χ1v) is 6.77. The third-order valence-electron chi connectivity index (χ3n) is 3.11. The van der Waals surface area contributed by atoms with Gasteiger partial charge >= 0.3 is 0 Å². The van der Waals surface area contributed by atoms with Crippen molar-refractivity contribution in [3.63, 3.8) is 0 Å². The number of ether oxygens (including phenoxy) is 1. The molecular formula is C17H15FN2O2. The van der Waals surface area contributed by atoms with E-state index in [4.69, 9.17) is 10.00 Å². The highest BCUT2D eigenvalue weighted by atomic mass is 19.1. The number of hydrogen-bond donors (Lipinski definition) is 1. The molecule has 0 fully saturated rings. The molecule has 0 heterocycles. The summed E-state index contributed by atoms with van der Waals surface area (Å²) in [5.74, 6) is -0.266. The molecule has 5 heteroatoms. The molecule has 0 aliphatic carbocycles. The summed E-state index contributed by atoms with van der Waals surface area (Å²) in [4.78, 5) is 11.9. The quantitative estimate of drug-likeness (QED) is 0.923. The second-order valence-electron chi connectivity index (χ2n) is 4.74. The lowest BCUT2D eigenvalue weighted by atomic mass is 10.1. The van der Waals surface area contributed by atoms with E-state index in [9.17, 15) is 9.18 Å². The van der Waals surface area contributed by atoms with Gasteiger partial charge in [0.05, 0.1) is 11.6 Å². The summed E-state index contributed by atoms with van der Waals surface area (Å²) in [6.07, 6.45) is 0. The Morgan fingerprint density at radius 3 is 2.64 bits per heavy atom. The van der Waals surface area contributed by atoms with Crippen LogP contribution in [0.4, 0.5) is 4.39 Å². The van der Waals surface area contributed by atoms with Gasteiger partial charge in [-0.1, -0.05) is 24.3 Å². The highest BCUT2D eigenvalue weighted by Crippen LogP contribution is 2.16. The first-order chi connectivity index (χ1) is 10.6. The Balaban J connectivity index is 1.90. The monoisotopic (exact) mass is 298 g/mol. The third-order valence-corrected chi connectivity index (χ3v) is 3.11. The van der Waals surface area contributed by atoms with Gasteiger partial charge in [0, 0.05) is 0 Å². The maximum absolute atomic E-state index is 12.9. The summed E-state index contributed by atoms with van der Waals surface area (Å²) in [5.41, 5.74) is 1.18. The van der Waals surface area contributed by atoms with Gasteiger partial charge in [0.15, 0.2) is 6.61 Å². The number of nitriles is 1. The lowest BCUT2D eigenvalue weighted by molar-refractivity contribution is -0.123. The third kappa shape index (κ3) is 4.06. The molecule has 0 aliphatic heterocycles. The minimum atomic E-state index is -0.321. The molecule has 2 rings (SSSR count). The van der Waals surface area contributed by atoms with E-state index in [0.29, 0.717) is 11.3 Å². The molecule has 0 saturated heterocycles. The predicted molar refractivity (Wildman–Crippen MR) is 79.6 cm³/mol. The number of carbonyl (C=O) groups excluding carboxylic acids is 1. The largest absolute Gasteiger partial charge is 0.482 e. The standard InChI is InChI=1S/C17H15FN2O2/c1-12(13-6-8-15(18)9-7-13)20-17(21)11-22-16-5-3-2-4-14(16)10-19/h2-9,12H,11H2,1H3,(H,20,21)/t12-/m1/s1. The number of halogens is 1. The number of nitrogens with zero attached hydrogens (tertiary/aromatic N) is 1. The van der Waals surface area contributed by atoms with E-state index in [0.717, 1.165) is 5.56 Å². The summed E-state index contributed by atoms with van der Waals surface area (Å²) in [7, 11) is 0. The number of para-hydroxylation sites is 1. The topological polar surface area (TPSA) is 62.1 Å². The van der Waals surface area contributed by atoms with Crippen LogP contribution in [0.25, 0.3) is 0 Å². The number of nitrogens with one attached hydrogen (secondary N) is 1. The van der Waals surface area contributed by atoms with Crippen LogP contribution in [-0.2, 0) is 4.79 Å². The molecule has 1 amide bonds. The van der Waals surface area contributed by atoms with Crippen LogP contribution in [0.1, 0.15) is 24.1 Å². The van der Waals surface area contributed by atoms with Crippen molar-refractivity contribution in [2.24, 2.45) is 0 Å². The Morgan fingerprint density at radius 2 is 1.95 bits per heavy atom. The second-order valence-corrected chi connectivity index (χ2v) is 4.74. The molecule has 1 atom stereocenters. The fourth-order valence-electron chi connectivity index (χ4n) is 1.95. The van der Waals surface area contributed by atoms with Crippen molar-refractivity contribution in [2.45, 2.75) is 13.0 Å². The number of hydrogen-bond acceptors (Lipinski definition) is 3. The maximum atomic E-state index is 12.9. The van der Waals surface area contributed by atoms with Crippen LogP contribution >= 0.6 is 0 Å². The molecule has 0 radical (unpaired) electrons. The van der Waals surface area contributed by atoms with E-state index >= 15 is 0 Å². The van der Waals surface area contributed by atoms with E-state index in [1.807, 2.05) is 6.07 Å². The molecule has 0 aromatic heterocycles. The molecule has 2 aromatic rings.